The Hall–Kier alpha value is -2.99. The van der Waals surface area contributed by atoms with Crippen molar-refractivity contribution in [3.05, 3.63) is 53.7 Å². The first kappa shape index (κ1) is 20.9. The van der Waals surface area contributed by atoms with E-state index in [1.165, 1.54) is 19.3 Å². The fraction of sp³-hybridized carbons (Fsp3) is 0.423. The summed E-state index contributed by atoms with van der Waals surface area (Å²) in [7, 11) is 2.03. The number of hydrogen-bond donors (Lipinski definition) is 3. The molecule has 2 fully saturated rings. The summed E-state index contributed by atoms with van der Waals surface area (Å²) in [6.07, 6.45) is 8.89. The number of rotatable bonds is 6. The van der Waals surface area contributed by atoms with Crippen LogP contribution in [0.4, 0.5) is 5.95 Å². The second kappa shape index (κ2) is 8.87. The van der Waals surface area contributed by atoms with Crippen LogP contribution in [-0.2, 0) is 0 Å². The van der Waals surface area contributed by atoms with Crippen molar-refractivity contribution in [2.45, 2.75) is 63.6 Å². The van der Waals surface area contributed by atoms with Crippen LogP contribution >= 0.6 is 0 Å². The first-order chi connectivity index (χ1) is 15.6. The lowest BCUT2D eigenvalue weighted by Crippen LogP contribution is -2.44. The van der Waals surface area contributed by atoms with Gasteiger partial charge in [-0.3, -0.25) is 4.79 Å². The maximum Gasteiger partial charge on any atom is 0.251 e. The largest absolute Gasteiger partial charge is 0.350 e. The molecule has 166 valence electrons. The zero-order valence-corrected chi connectivity index (χ0v) is 18.8. The lowest BCUT2D eigenvalue weighted by atomic mass is 9.90. The molecule has 1 heterocycles. The number of aryl methyl sites for hydroxylation is 1. The molecular formula is C26H31N5O. The van der Waals surface area contributed by atoms with Gasteiger partial charge in [-0.1, -0.05) is 25.0 Å². The van der Waals surface area contributed by atoms with E-state index in [-0.39, 0.29) is 5.91 Å². The van der Waals surface area contributed by atoms with Gasteiger partial charge >= 0.3 is 0 Å². The minimum absolute atomic E-state index is 0.0103. The maximum absolute atomic E-state index is 12.5. The molecule has 0 spiro atoms. The molecule has 0 radical (unpaired) electrons. The number of nitrogens with zero attached hydrogens (tertiary/aromatic N) is 2. The lowest BCUT2D eigenvalue weighted by molar-refractivity contribution is 0.0951. The number of amides is 1. The minimum atomic E-state index is 0.0103. The van der Waals surface area contributed by atoms with E-state index < -0.39 is 0 Å². The Bertz CT molecular complexity index is 1140. The second-order valence-electron chi connectivity index (χ2n) is 9.18. The van der Waals surface area contributed by atoms with Gasteiger partial charge in [0.1, 0.15) is 0 Å². The Morgan fingerprint density at radius 3 is 2.59 bits per heavy atom. The van der Waals surface area contributed by atoms with Gasteiger partial charge in [-0.05, 0) is 80.6 Å². The number of fused-ring (bicyclic) bond motifs is 1. The highest BCUT2D eigenvalue weighted by Gasteiger charge is 2.25. The number of nitrogens with one attached hydrogen (secondary N) is 3. The standard InChI is InChI=1S/C26H31N5O/c1-16-7-8-18(25(32)29-20-10-11-20)14-21(16)17-9-12-22-19(13-17)15-28-26(30-22)31-24-6-4-3-5-23(24)27-2/h7-9,12-15,20,23-24,27H,3-6,10-11H2,1-2H3,(H,29,32)(H,28,30,31)/t23-,24-/m0/s1. The van der Waals surface area contributed by atoms with Gasteiger partial charge in [0, 0.05) is 35.3 Å². The van der Waals surface area contributed by atoms with Crippen molar-refractivity contribution >= 4 is 22.8 Å². The normalized spacial score (nSPS) is 20.8. The summed E-state index contributed by atoms with van der Waals surface area (Å²) >= 11 is 0. The second-order valence-corrected chi connectivity index (χ2v) is 9.18. The highest BCUT2D eigenvalue weighted by atomic mass is 16.1. The molecule has 1 amide bonds. The van der Waals surface area contributed by atoms with Gasteiger partial charge in [0.2, 0.25) is 5.95 Å². The molecule has 3 aromatic rings. The summed E-state index contributed by atoms with van der Waals surface area (Å²) in [5.74, 6) is 0.698. The summed E-state index contributed by atoms with van der Waals surface area (Å²) < 4.78 is 0. The van der Waals surface area contributed by atoms with E-state index in [9.17, 15) is 4.79 Å². The van der Waals surface area contributed by atoms with E-state index in [1.54, 1.807) is 0 Å². The molecule has 5 rings (SSSR count). The van der Waals surface area contributed by atoms with Crippen LogP contribution in [0.15, 0.2) is 42.6 Å². The van der Waals surface area contributed by atoms with Gasteiger partial charge in [0.25, 0.3) is 5.91 Å². The monoisotopic (exact) mass is 429 g/mol. The van der Waals surface area contributed by atoms with Crippen LogP contribution < -0.4 is 16.0 Å². The molecule has 1 aromatic heterocycles. The predicted octanol–water partition coefficient (Wildman–Crippen LogP) is 4.44. The summed E-state index contributed by atoms with van der Waals surface area (Å²) in [4.78, 5) is 21.9. The molecule has 2 aromatic carbocycles. The van der Waals surface area contributed by atoms with Crippen LogP contribution in [-0.4, -0.2) is 41.0 Å². The number of benzene rings is 2. The summed E-state index contributed by atoms with van der Waals surface area (Å²) in [6.45, 7) is 2.08. The van der Waals surface area contributed by atoms with Crippen LogP contribution in [0.25, 0.3) is 22.0 Å². The van der Waals surface area contributed by atoms with E-state index in [1.807, 2.05) is 37.5 Å². The topological polar surface area (TPSA) is 78.9 Å². The molecule has 0 saturated heterocycles. The van der Waals surface area contributed by atoms with Crippen molar-refractivity contribution in [3.63, 3.8) is 0 Å². The number of likely N-dealkylation sites (N-methyl/N-ethyl adjacent to an activating group) is 1. The number of aromatic nitrogens is 2. The predicted molar refractivity (Wildman–Crippen MR) is 129 cm³/mol. The van der Waals surface area contributed by atoms with Gasteiger partial charge < -0.3 is 16.0 Å². The van der Waals surface area contributed by atoms with Crippen LogP contribution in [0.2, 0.25) is 0 Å². The van der Waals surface area contributed by atoms with Crippen molar-refractivity contribution in [1.82, 2.24) is 20.6 Å². The Labute approximate surface area is 189 Å². The molecule has 0 unspecified atom stereocenters. The molecule has 2 atom stereocenters. The quantitative estimate of drug-likeness (QED) is 0.540. The van der Waals surface area contributed by atoms with E-state index in [0.717, 1.165) is 46.9 Å². The van der Waals surface area contributed by atoms with Crippen molar-refractivity contribution < 1.29 is 4.79 Å². The van der Waals surface area contributed by atoms with Crippen molar-refractivity contribution in [1.29, 1.82) is 0 Å². The van der Waals surface area contributed by atoms with Crippen LogP contribution in [0.3, 0.4) is 0 Å². The van der Waals surface area contributed by atoms with Gasteiger partial charge in [-0.15, -0.1) is 0 Å². The van der Waals surface area contributed by atoms with Crippen molar-refractivity contribution in [2.75, 3.05) is 12.4 Å². The van der Waals surface area contributed by atoms with Gasteiger partial charge in [-0.25, -0.2) is 9.97 Å². The van der Waals surface area contributed by atoms with Crippen LogP contribution in [0, 0.1) is 6.92 Å². The molecule has 0 bridgehead atoms. The third-order valence-corrected chi connectivity index (χ3v) is 6.75. The molecule has 0 aliphatic heterocycles. The third kappa shape index (κ3) is 4.46. The molecule has 6 nitrogen and oxygen atoms in total. The summed E-state index contributed by atoms with van der Waals surface area (Å²) in [5, 5.41) is 11.0. The van der Waals surface area contributed by atoms with Crippen molar-refractivity contribution in [2.24, 2.45) is 0 Å². The SMILES string of the molecule is CN[C@H]1CCCC[C@@H]1Nc1ncc2cc(-c3cc(C(=O)NC4CC4)ccc3C)ccc2n1. The zero-order chi connectivity index (χ0) is 22.1. The van der Waals surface area contributed by atoms with E-state index in [0.29, 0.717) is 29.6 Å². The average molecular weight is 430 g/mol. The van der Waals surface area contributed by atoms with Crippen LogP contribution in [0.1, 0.15) is 54.4 Å². The molecule has 2 aliphatic carbocycles. The van der Waals surface area contributed by atoms with E-state index >= 15 is 0 Å². The van der Waals surface area contributed by atoms with Gasteiger partial charge in [0.15, 0.2) is 0 Å². The lowest BCUT2D eigenvalue weighted by Gasteiger charge is -2.31. The molecule has 3 N–H and O–H groups in total. The van der Waals surface area contributed by atoms with Gasteiger partial charge in [0.05, 0.1) is 5.52 Å². The van der Waals surface area contributed by atoms with E-state index in [2.05, 4.69) is 40.0 Å². The Balaban J connectivity index is 1.39. The number of carbonyl (C=O) groups excluding carboxylic acids is 1. The minimum Gasteiger partial charge on any atom is -0.350 e. The van der Waals surface area contributed by atoms with Gasteiger partial charge in [-0.2, -0.15) is 0 Å². The molecule has 2 aliphatic rings. The van der Waals surface area contributed by atoms with Crippen LogP contribution in [0.5, 0.6) is 0 Å². The highest BCUT2D eigenvalue weighted by Crippen LogP contribution is 2.29. The third-order valence-electron chi connectivity index (χ3n) is 6.75. The maximum atomic E-state index is 12.5. The first-order valence-electron chi connectivity index (χ1n) is 11.7. The zero-order valence-electron chi connectivity index (χ0n) is 18.8. The molecular weight excluding hydrogens is 398 g/mol. The summed E-state index contributed by atoms with van der Waals surface area (Å²) in [6, 6.07) is 13.3. The average Bonchev–Trinajstić information content (AvgIpc) is 3.63. The number of carbonyl (C=O) groups is 1. The Kier molecular flexibility index (Phi) is 5.79. The summed E-state index contributed by atoms with van der Waals surface area (Å²) in [5.41, 5.74) is 4.91. The molecule has 32 heavy (non-hydrogen) atoms. The number of anilines is 1. The first-order valence-corrected chi connectivity index (χ1v) is 11.7. The Morgan fingerprint density at radius 2 is 1.81 bits per heavy atom. The Morgan fingerprint density at radius 1 is 1.00 bits per heavy atom. The fourth-order valence-corrected chi connectivity index (χ4v) is 4.66. The highest BCUT2D eigenvalue weighted by molar-refractivity contribution is 5.96. The molecule has 2 saturated carbocycles. The smallest absolute Gasteiger partial charge is 0.251 e. The van der Waals surface area contributed by atoms with Crippen molar-refractivity contribution in [3.8, 4) is 11.1 Å². The molecule has 6 heteroatoms. The number of hydrogen-bond acceptors (Lipinski definition) is 5. The fourth-order valence-electron chi connectivity index (χ4n) is 4.66. The van der Waals surface area contributed by atoms with E-state index in [4.69, 9.17) is 4.98 Å².